The summed E-state index contributed by atoms with van der Waals surface area (Å²) in [6.45, 7) is 14.4. The van der Waals surface area contributed by atoms with Crippen molar-refractivity contribution in [1.82, 2.24) is 0 Å². The van der Waals surface area contributed by atoms with Crippen molar-refractivity contribution in [1.29, 1.82) is 0 Å². The fourth-order valence-electron chi connectivity index (χ4n) is 2.98. The van der Waals surface area contributed by atoms with E-state index in [9.17, 15) is 0 Å². The third kappa shape index (κ3) is 4.89. The maximum Gasteiger partial charge on any atom is -0.0354 e. The van der Waals surface area contributed by atoms with Crippen LogP contribution >= 0.6 is 0 Å². The van der Waals surface area contributed by atoms with Gasteiger partial charge in [-0.25, -0.2) is 0 Å². The monoisotopic (exact) mass is 224 g/mol. The highest BCUT2D eigenvalue weighted by Gasteiger charge is 2.30. The lowest BCUT2D eigenvalue weighted by Gasteiger charge is -2.38. The van der Waals surface area contributed by atoms with Gasteiger partial charge in [-0.1, -0.05) is 54.4 Å². The van der Waals surface area contributed by atoms with Crippen molar-refractivity contribution in [2.45, 2.75) is 80.1 Å². The molecule has 16 heavy (non-hydrogen) atoms. The summed E-state index contributed by atoms with van der Waals surface area (Å²) in [4.78, 5) is 0. The molecule has 0 N–H and O–H groups in total. The summed E-state index contributed by atoms with van der Waals surface area (Å²) in [6, 6.07) is 0. The van der Waals surface area contributed by atoms with Gasteiger partial charge in [0.1, 0.15) is 0 Å². The van der Waals surface area contributed by atoms with Crippen LogP contribution in [-0.2, 0) is 0 Å². The molecular formula is C16H32. The van der Waals surface area contributed by atoms with Crippen molar-refractivity contribution in [2.75, 3.05) is 0 Å². The zero-order chi connectivity index (χ0) is 12.4. The van der Waals surface area contributed by atoms with E-state index in [0.717, 1.165) is 11.8 Å². The molecular weight excluding hydrogens is 192 g/mol. The summed E-state index contributed by atoms with van der Waals surface area (Å²) in [7, 11) is 0. The van der Waals surface area contributed by atoms with Crippen LogP contribution in [0.3, 0.4) is 0 Å². The molecule has 1 rings (SSSR count). The van der Waals surface area contributed by atoms with E-state index in [2.05, 4.69) is 41.5 Å². The van der Waals surface area contributed by atoms with E-state index in [1.165, 1.54) is 38.5 Å². The van der Waals surface area contributed by atoms with Crippen molar-refractivity contribution < 1.29 is 0 Å². The van der Waals surface area contributed by atoms with Crippen LogP contribution in [0.4, 0.5) is 0 Å². The fraction of sp³-hybridized carbons (Fsp3) is 1.00. The lowest BCUT2D eigenvalue weighted by atomic mass is 9.67. The molecule has 1 aliphatic rings. The Bertz CT molecular complexity index is 201. The molecule has 0 heterocycles. The van der Waals surface area contributed by atoms with Gasteiger partial charge >= 0.3 is 0 Å². The summed E-state index contributed by atoms with van der Waals surface area (Å²) in [5.74, 6) is 1.98. The molecule has 0 spiro atoms. The van der Waals surface area contributed by atoms with Gasteiger partial charge in [0.25, 0.3) is 0 Å². The van der Waals surface area contributed by atoms with Gasteiger partial charge < -0.3 is 0 Å². The van der Waals surface area contributed by atoms with E-state index in [1.54, 1.807) is 0 Å². The average Bonchev–Trinajstić information content (AvgIpc) is 2.13. The molecule has 0 aromatic carbocycles. The first-order valence-electron chi connectivity index (χ1n) is 7.18. The second-order valence-corrected chi connectivity index (χ2v) is 8.19. The lowest BCUT2D eigenvalue weighted by molar-refractivity contribution is 0.130. The summed E-state index contributed by atoms with van der Waals surface area (Å²) in [6.07, 6.45) is 8.76. The van der Waals surface area contributed by atoms with Crippen molar-refractivity contribution in [3.63, 3.8) is 0 Å². The van der Waals surface area contributed by atoms with Crippen molar-refractivity contribution in [2.24, 2.45) is 22.7 Å². The van der Waals surface area contributed by atoms with Crippen molar-refractivity contribution in [3.05, 3.63) is 0 Å². The Labute approximate surface area is 103 Å². The van der Waals surface area contributed by atoms with E-state index in [1.807, 2.05) is 0 Å². The molecule has 1 aliphatic carbocycles. The Kier molecular flexibility index (Phi) is 4.49. The summed E-state index contributed by atoms with van der Waals surface area (Å²) < 4.78 is 0. The van der Waals surface area contributed by atoms with Crippen molar-refractivity contribution >= 4 is 0 Å². The van der Waals surface area contributed by atoms with Gasteiger partial charge in [0.15, 0.2) is 0 Å². The molecule has 0 aromatic heterocycles. The largest absolute Gasteiger partial charge is 0.0602 e. The SMILES string of the molecule is CC(C)(C)CC[C@@H]1CCC[C@H](C(C)(C)C)C1. The average molecular weight is 224 g/mol. The Hall–Kier alpha value is 0. The van der Waals surface area contributed by atoms with Crippen LogP contribution < -0.4 is 0 Å². The number of hydrogen-bond donors (Lipinski definition) is 0. The highest BCUT2D eigenvalue weighted by atomic mass is 14.4. The Morgan fingerprint density at radius 3 is 2.06 bits per heavy atom. The molecule has 0 bridgehead atoms. The predicted octanol–water partition coefficient (Wildman–Crippen LogP) is 5.67. The molecule has 0 aromatic rings. The molecule has 96 valence electrons. The van der Waals surface area contributed by atoms with Gasteiger partial charge in [-0.2, -0.15) is 0 Å². The second kappa shape index (κ2) is 5.10. The van der Waals surface area contributed by atoms with Crippen LogP contribution in [0, 0.1) is 22.7 Å². The molecule has 0 nitrogen and oxygen atoms in total. The standard InChI is InChI=1S/C16H32/c1-15(2,3)11-10-13-8-7-9-14(12-13)16(4,5)6/h13-14H,7-12H2,1-6H3/t13-,14-/m0/s1. The Morgan fingerprint density at radius 2 is 1.56 bits per heavy atom. The predicted molar refractivity (Wildman–Crippen MR) is 73.6 cm³/mol. The van der Waals surface area contributed by atoms with Crippen molar-refractivity contribution in [3.8, 4) is 0 Å². The van der Waals surface area contributed by atoms with Crippen LogP contribution in [0.25, 0.3) is 0 Å². The van der Waals surface area contributed by atoms with Crippen LogP contribution in [0.15, 0.2) is 0 Å². The molecule has 0 heteroatoms. The van der Waals surface area contributed by atoms with E-state index >= 15 is 0 Å². The molecule has 0 amide bonds. The lowest BCUT2D eigenvalue weighted by Crippen LogP contribution is -2.27. The van der Waals surface area contributed by atoms with Gasteiger partial charge in [0.05, 0.1) is 0 Å². The quantitative estimate of drug-likeness (QED) is 0.567. The van der Waals surface area contributed by atoms with E-state index in [4.69, 9.17) is 0 Å². The smallest absolute Gasteiger partial charge is 0.0354 e. The van der Waals surface area contributed by atoms with Gasteiger partial charge in [-0.3, -0.25) is 0 Å². The Morgan fingerprint density at radius 1 is 0.938 bits per heavy atom. The molecule has 2 atom stereocenters. The molecule has 0 unspecified atom stereocenters. The van der Waals surface area contributed by atoms with Gasteiger partial charge in [-0.05, 0) is 48.3 Å². The minimum absolute atomic E-state index is 0.522. The maximum atomic E-state index is 2.42. The first-order valence-corrected chi connectivity index (χ1v) is 7.18. The zero-order valence-corrected chi connectivity index (χ0v) is 12.4. The molecule has 1 fully saturated rings. The van der Waals surface area contributed by atoms with E-state index in [0.29, 0.717) is 10.8 Å². The molecule has 0 saturated heterocycles. The number of rotatable bonds is 2. The topological polar surface area (TPSA) is 0 Å². The van der Waals surface area contributed by atoms with Crippen LogP contribution in [-0.4, -0.2) is 0 Å². The Balaban J connectivity index is 2.39. The van der Waals surface area contributed by atoms with Gasteiger partial charge in [0, 0.05) is 0 Å². The maximum absolute atomic E-state index is 2.42. The fourth-order valence-corrected chi connectivity index (χ4v) is 2.98. The zero-order valence-electron chi connectivity index (χ0n) is 12.4. The van der Waals surface area contributed by atoms with Crippen LogP contribution in [0.2, 0.25) is 0 Å². The molecule has 0 radical (unpaired) electrons. The third-order valence-corrected chi connectivity index (χ3v) is 4.31. The summed E-state index contributed by atoms with van der Waals surface area (Å²) >= 11 is 0. The minimum atomic E-state index is 0.522. The van der Waals surface area contributed by atoms with Gasteiger partial charge in [-0.15, -0.1) is 0 Å². The second-order valence-electron chi connectivity index (χ2n) is 8.19. The highest BCUT2D eigenvalue weighted by Crippen LogP contribution is 2.42. The third-order valence-electron chi connectivity index (χ3n) is 4.31. The van der Waals surface area contributed by atoms with Gasteiger partial charge in [0.2, 0.25) is 0 Å². The first kappa shape index (κ1) is 14.1. The van der Waals surface area contributed by atoms with Crippen LogP contribution in [0.5, 0.6) is 0 Å². The summed E-state index contributed by atoms with van der Waals surface area (Å²) in [5, 5.41) is 0. The van der Waals surface area contributed by atoms with Crippen LogP contribution in [0.1, 0.15) is 80.1 Å². The minimum Gasteiger partial charge on any atom is -0.0602 e. The molecule has 0 aliphatic heterocycles. The normalized spacial score (nSPS) is 28.1. The molecule has 1 saturated carbocycles. The summed E-state index contributed by atoms with van der Waals surface area (Å²) in [5.41, 5.74) is 1.05. The van der Waals surface area contributed by atoms with E-state index in [-0.39, 0.29) is 0 Å². The first-order chi connectivity index (χ1) is 7.18. The van der Waals surface area contributed by atoms with E-state index < -0.39 is 0 Å². The number of hydrogen-bond acceptors (Lipinski definition) is 0. The highest BCUT2D eigenvalue weighted by molar-refractivity contribution is 4.81.